The number of fused-ring (bicyclic) bond motifs is 1. The summed E-state index contributed by atoms with van der Waals surface area (Å²) < 4.78 is 27.1. The molecule has 3 rings (SSSR count). The van der Waals surface area contributed by atoms with Crippen molar-refractivity contribution in [3.8, 4) is 0 Å². The Morgan fingerprint density at radius 3 is 2.54 bits per heavy atom. The fourth-order valence-electron chi connectivity index (χ4n) is 2.80. The number of hydrogen-bond donors (Lipinski definition) is 0. The van der Waals surface area contributed by atoms with Crippen LogP contribution in [0.1, 0.15) is 16.7 Å². The van der Waals surface area contributed by atoms with E-state index in [4.69, 9.17) is 11.6 Å². The minimum absolute atomic E-state index is 0.0696. The zero-order chi connectivity index (χ0) is 17.5. The van der Waals surface area contributed by atoms with E-state index in [9.17, 15) is 18.5 Å². The predicted octanol–water partition coefficient (Wildman–Crippen LogP) is 3.30. The van der Waals surface area contributed by atoms with Gasteiger partial charge in [0.05, 0.1) is 14.8 Å². The Bertz CT molecular complexity index is 928. The lowest BCUT2D eigenvalue weighted by atomic mass is 10.0. The summed E-state index contributed by atoms with van der Waals surface area (Å²) in [5.41, 5.74) is 2.03. The molecule has 1 aliphatic rings. The Kier molecular flexibility index (Phi) is 4.33. The van der Waals surface area contributed by atoms with Gasteiger partial charge in [-0.1, -0.05) is 35.9 Å². The van der Waals surface area contributed by atoms with E-state index >= 15 is 0 Å². The molecule has 0 fully saturated rings. The highest BCUT2D eigenvalue weighted by Crippen LogP contribution is 2.32. The van der Waals surface area contributed by atoms with Crippen LogP contribution in [0.3, 0.4) is 0 Å². The molecule has 0 bridgehead atoms. The fourth-order valence-corrected chi connectivity index (χ4v) is 4.55. The topological polar surface area (TPSA) is 80.5 Å². The largest absolute Gasteiger partial charge is 0.275 e. The molecule has 6 nitrogen and oxygen atoms in total. The van der Waals surface area contributed by atoms with Gasteiger partial charge >= 0.3 is 0 Å². The lowest BCUT2D eigenvalue weighted by Gasteiger charge is -2.28. The maximum atomic E-state index is 12.9. The third-order valence-electron chi connectivity index (χ3n) is 4.22. The van der Waals surface area contributed by atoms with E-state index in [-0.39, 0.29) is 27.7 Å². The second-order valence-corrected chi connectivity index (χ2v) is 8.01. The molecule has 0 radical (unpaired) electrons. The molecule has 0 atom stereocenters. The summed E-state index contributed by atoms with van der Waals surface area (Å²) in [7, 11) is -3.86. The van der Waals surface area contributed by atoms with E-state index < -0.39 is 14.9 Å². The summed E-state index contributed by atoms with van der Waals surface area (Å²) in [5.74, 6) is 0. The van der Waals surface area contributed by atoms with Crippen LogP contribution in [0.15, 0.2) is 41.3 Å². The van der Waals surface area contributed by atoms with Crippen molar-refractivity contribution in [3.63, 3.8) is 0 Å². The number of hydrogen-bond acceptors (Lipinski definition) is 4. The number of halogens is 1. The molecular weight excluding hydrogens is 352 g/mol. The van der Waals surface area contributed by atoms with Crippen LogP contribution in [0.5, 0.6) is 0 Å². The van der Waals surface area contributed by atoms with Crippen molar-refractivity contribution in [2.45, 2.75) is 24.8 Å². The molecule has 0 unspecified atom stereocenters. The lowest BCUT2D eigenvalue weighted by Crippen LogP contribution is -2.36. The molecule has 2 aromatic carbocycles. The van der Waals surface area contributed by atoms with Gasteiger partial charge in [0, 0.05) is 24.7 Å². The van der Waals surface area contributed by atoms with Gasteiger partial charge in [0.25, 0.3) is 5.69 Å². The first-order valence-corrected chi connectivity index (χ1v) is 9.14. The van der Waals surface area contributed by atoms with Gasteiger partial charge in [0.15, 0.2) is 0 Å². The SMILES string of the molecule is Cc1c(Cl)cc(S(=O)(=O)N2CCc3ccccc3C2)cc1[N+](=O)[O-]. The molecule has 126 valence electrons. The first-order chi connectivity index (χ1) is 11.3. The van der Waals surface area contributed by atoms with Crippen LogP contribution in [0.25, 0.3) is 0 Å². The molecule has 0 amide bonds. The molecule has 0 saturated carbocycles. The molecular formula is C16H15ClN2O4S. The molecule has 1 heterocycles. The highest BCUT2D eigenvalue weighted by molar-refractivity contribution is 7.89. The van der Waals surface area contributed by atoms with Crippen LogP contribution >= 0.6 is 11.6 Å². The average Bonchev–Trinajstić information content (AvgIpc) is 2.56. The Labute approximate surface area is 144 Å². The van der Waals surface area contributed by atoms with Gasteiger partial charge in [-0.2, -0.15) is 4.31 Å². The van der Waals surface area contributed by atoms with Gasteiger partial charge in [-0.25, -0.2) is 8.42 Å². The van der Waals surface area contributed by atoms with Crippen molar-refractivity contribution >= 4 is 27.3 Å². The number of benzene rings is 2. The molecule has 0 aromatic heterocycles. The average molecular weight is 367 g/mol. The predicted molar refractivity (Wildman–Crippen MR) is 90.6 cm³/mol. The van der Waals surface area contributed by atoms with Gasteiger partial charge in [-0.15, -0.1) is 0 Å². The Morgan fingerprint density at radius 2 is 1.88 bits per heavy atom. The van der Waals surface area contributed by atoms with E-state index in [0.717, 1.165) is 17.2 Å². The minimum Gasteiger partial charge on any atom is -0.258 e. The molecule has 2 aromatic rings. The number of nitro benzene ring substituents is 1. The standard InChI is InChI=1S/C16H15ClN2O4S/c1-11-15(17)8-14(9-16(11)19(20)21)24(22,23)18-7-6-12-4-2-3-5-13(12)10-18/h2-5,8-9H,6-7,10H2,1H3. The van der Waals surface area contributed by atoms with Crippen molar-refractivity contribution < 1.29 is 13.3 Å². The van der Waals surface area contributed by atoms with Crippen LogP contribution in [0.4, 0.5) is 5.69 Å². The smallest absolute Gasteiger partial charge is 0.258 e. The Morgan fingerprint density at radius 1 is 1.21 bits per heavy atom. The van der Waals surface area contributed by atoms with E-state index in [1.807, 2.05) is 24.3 Å². The number of nitro groups is 1. The number of rotatable bonds is 3. The fraction of sp³-hybridized carbons (Fsp3) is 0.250. The number of nitrogens with zero attached hydrogens (tertiary/aromatic N) is 2. The van der Waals surface area contributed by atoms with Gasteiger partial charge in [-0.05, 0) is 30.5 Å². The van der Waals surface area contributed by atoms with Crippen molar-refractivity contribution in [3.05, 3.63) is 68.2 Å². The molecule has 0 spiro atoms. The zero-order valence-electron chi connectivity index (χ0n) is 12.9. The summed E-state index contributed by atoms with van der Waals surface area (Å²) in [4.78, 5) is 10.4. The van der Waals surface area contributed by atoms with E-state index in [1.165, 1.54) is 17.3 Å². The van der Waals surface area contributed by atoms with Gasteiger partial charge in [0.2, 0.25) is 10.0 Å². The van der Waals surface area contributed by atoms with Crippen molar-refractivity contribution in [2.24, 2.45) is 0 Å². The van der Waals surface area contributed by atoms with Crippen LogP contribution in [-0.4, -0.2) is 24.2 Å². The maximum Gasteiger partial charge on any atom is 0.275 e. The van der Waals surface area contributed by atoms with Crippen molar-refractivity contribution in [1.29, 1.82) is 0 Å². The van der Waals surface area contributed by atoms with Gasteiger partial charge < -0.3 is 0 Å². The second kappa shape index (κ2) is 6.16. The molecule has 0 N–H and O–H groups in total. The third kappa shape index (κ3) is 2.90. The van der Waals surface area contributed by atoms with Crippen molar-refractivity contribution in [2.75, 3.05) is 6.54 Å². The lowest BCUT2D eigenvalue weighted by molar-refractivity contribution is -0.385. The quantitative estimate of drug-likeness (QED) is 0.616. The second-order valence-electron chi connectivity index (χ2n) is 5.66. The van der Waals surface area contributed by atoms with Gasteiger partial charge in [0.1, 0.15) is 0 Å². The molecule has 0 saturated heterocycles. The van der Waals surface area contributed by atoms with Crippen LogP contribution < -0.4 is 0 Å². The summed E-state index contributed by atoms with van der Waals surface area (Å²) >= 11 is 6.00. The Balaban J connectivity index is 2.02. The highest BCUT2D eigenvalue weighted by Gasteiger charge is 2.30. The first-order valence-electron chi connectivity index (χ1n) is 7.32. The summed E-state index contributed by atoms with van der Waals surface area (Å²) in [5, 5.41) is 11.2. The molecule has 8 heteroatoms. The van der Waals surface area contributed by atoms with Crippen LogP contribution in [-0.2, 0) is 23.0 Å². The third-order valence-corrected chi connectivity index (χ3v) is 6.44. The number of sulfonamides is 1. The van der Waals surface area contributed by atoms with E-state index in [1.54, 1.807) is 0 Å². The summed E-state index contributed by atoms with van der Waals surface area (Å²) in [6.45, 7) is 2.07. The zero-order valence-corrected chi connectivity index (χ0v) is 14.5. The van der Waals surface area contributed by atoms with E-state index in [2.05, 4.69) is 0 Å². The molecule has 24 heavy (non-hydrogen) atoms. The summed E-state index contributed by atoms with van der Waals surface area (Å²) in [6, 6.07) is 10.0. The monoisotopic (exact) mass is 366 g/mol. The maximum absolute atomic E-state index is 12.9. The van der Waals surface area contributed by atoms with E-state index in [0.29, 0.717) is 13.0 Å². The van der Waals surface area contributed by atoms with Gasteiger partial charge in [-0.3, -0.25) is 10.1 Å². The normalized spacial score (nSPS) is 15.1. The van der Waals surface area contributed by atoms with Crippen LogP contribution in [0.2, 0.25) is 5.02 Å². The highest BCUT2D eigenvalue weighted by atomic mass is 35.5. The summed E-state index contributed by atoms with van der Waals surface area (Å²) in [6.07, 6.45) is 0.608. The minimum atomic E-state index is -3.86. The Hall–Kier alpha value is -1.96. The van der Waals surface area contributed by atoms with Crippen LogP contribution in [0, 0.1) is 17.0 Å². The molecule has 0 aliphatic carbocycles. The first kappa shape index (κ1) is 16.9. The molecule has 1 aliphatic heterocycles. The van der Waals surface area contributed by atoms with Crippen molar-refractivity contribution in [1.82, 2.24) is 4.31 Å².